The van der Waals surface area contributed by atoms with Gasteiger partial charge in [0.25, 0.3) is 0 Å². The summed E-state index contributed by atoms with van der Waals surface area (Å²) >= 11 is 2.25. The minimum Gasteiger partial charge on any atom is -0.158 e. The zero-order valence-electron chi connectivity index (χ0n) is 9.09. The van der Waals surface area contributed by atoms with Crippen molar-refractivity contribution in [3.05, 3.63) is 12.2 Å². The minimum absolute atomic E-state index is 0.699. The smallest absolute Gasteiger partial charge is 0.00840 e. The molecule has 0 N–H and O–H groups in total. The lowest BCUT2D eigenvalue weighted by molar-refractivity contribution is 0.0155. The van der Waals surface area contributed by atoms with E-state index in [1.165, 1.54) is 44.3 Å². The van der Waals surface area contributed by atoms with Crippen LogP contribution >= 0.6 is 11.8 Å². The minimum atomic E-state index is 0.699. The summed E-state index contributed by atoms with van der Waals surface area (Å²) in [6, 6.07) is 0. The first-order chi connectivity index (χ1) is 6.79. The predicted molar refractivity (Wildman–Crippen MR) is 63.6 cm³/mol. The summed E-state index contributed by atoms with van der Waals surface area (Å²) in [6.45, 7) is 2.48. The molecular weight excluding hydrogens is 188 g/mol. The van der Waals surface area contributed by atoms with Crippen molar-refractivity contribution in [2.45, 2.75) is 50.7 Å². The van der Waals surface area contributed by atoms with Crippen molar-refractivity contribution < 1.29 is 0 Å². The van der Waals surface area contributed by atoms with E-state index in [1.54, 1.807) is 0 Å². The van der Waals surface area contributed by atoms with Gasteiger partial charge in [-0.15, -0.1) is 0 Å². The molecule has 0 nitrogen and oxygen atoms in total. The second kappa shape index (κ2) is 3.04. The molecule has 0 aromatic heterocycles. The first-order valence-corrected chi connectivity index (χ1v) is 7.11. The van der Waals surface area contributed by atoms with Crippen LogP contribution in [0.5, 0.6) is 0 Å². The maximum Gasteiger partial charge on any atom is 0.00840 e. The molecule has 1 heterocycles. The van der Waals surface area contributed by atoms with Crippen LogP contribution in [0.15, 0.2) is 12.2 Å². The molecule has 0 aromatic rings. The van der Waals surface area contributed by atoms with Gasteiger partial charge in [0, 0.05) is 11.0 Å². The molecule has 2 aliphatic carbocycles. The first kappa shape index (κ1) is 9.33. The molecule has 0 unspecified atom stereocenters. The number of thioether (sulfide) groups is 1. The van der Waals surface area contributed by atoms with Crippen LogP contribution in [-0.2, 0) is 0 Å². The second-order valence-electron chi connectivity index (χ2n) is 5.48. The zero-order chi connectivity index (χ0) is 9.65. The molecule has 78 valence electrons. The van der Waals surface area contributed by atoms with Crippen LogP contribution < -0.4 is 0 Å². The van der Waals surface area contributed by atoms with E-state index in [-0.39, 0.29) is 0 Å². The number of rotatable bonds is 0. The van der Waals surface area contributed by atoms with Gasteiger partial charge in [-0.05, 0) is 36.5 Å². The van der Waals surface area contributed by atoms with Gasteiger partial charge in [-0.2, -0.15) is 11.8 Å². The molecule has 3 atom stereocenters. The van der Waals surface area contributed by atoms with Crippen molar-refractivity contribution in [1.29, 1.82) is 0 Å². The highest BCUT2D eigenvalue weighted by Crippen LogP contribution is 2.67. The maximum atomic E-state index is 2.48. The maximum absolute atomic E-state index is 2.48. The predicted octanol–water partition coefficient (Wildman–Crippen LogP) is 4.02. The number of allylic oxidation sites excluding steroid dienone is 2. The molecule has 0 bridgehead atoms. The summed E-state index contributed by atoms with van der Waals surface area (Å²) in [6.07, 6.45) is 13.7. The Labute approximate surface area is 91.5 Å². The molecule has 14 heavy (non-hydrogen) atoms. The van der Waals surface area contributed by atoms with Gasteiger partial charge in [-0.1, -0.05) is 31.9 Å². The average molecular weight is 208 g/mol. The monoisotopic (exact) mass is 208 g/mol. The quantitative estimate of drug-likeness (QED) is 0.542. The Morgan fingerprint density at radius 1 is 1.14 bits per heavy atom. The summed E-state index contributed by atoms with van der Waals surface area (Å²) < 4.78 is 0. The summed E-state index contributed by atoms with van der Waals surface area (Å²) in [5, 5.41) is 0.910. The molecule has 1 heteroatoms. The van der Waals surface area contributed by atoms with E-state index in [0.717, 1.165) is 5.25 Å². The van der Waals surface area contributed by atoms with Crippen molar-refractivity contribution in [3.63, 3.8) is 0 Å². The van der Waals surface area contributed by atoms with Crippen LogP contribution in [0.2, 0.25) is 0 Å². The fourth-order valence-electron chi connectivity index (χ4n) is 4.16. The molecule has 0 radical (unpaired) electrons. The Morgan fingerprint density at radius 2 is 1.93 bits per heavy atom. The highest BCUT2D eigenvalue weighted by molar-refractivity contribution is 8.00. The van der Waals surface area contributed by atoms with Crippen molar-refractivity contribution >= 4 is 11.8 Å². The topological polar surface area (TPSA) is 0 Å². The summed E-state index contributed by atoms with van der Waals surface area (Å²) in [4.78, 5) is 0. The third-order valence-electron chi connectivity index (χ3n) is 5.13. The van der Waals surface area contributed by atoms with Crippen molar-refractivity contribution in [3.8, 4) is 0 Å². The Morgan fingerprint density at radius 3 is 2.79 bits per heavy atom. The summed E-state index contributed by atoms with van der Waals surface area (Å²) in [5.41, 5.74) is 1.41. The van der Waals surface area contributed by atoms with E-state index in [4.69, 9.17) is 0 Å². The molecule has 0 aromatic carbocycles. The molecule has 3 rings (SSSR count). The fourth-order valence-corrected chi connectivity index (χ4v) is 6.07. The van der Waals surface area contributed by atoms with Gasteiger partial charge < -0.3 is 0 Å². The molecule has 1 saturated carbocycles. The van der Waals surface area contributed by atoms with Gasteiger partial charge >= 0.3 is 0 Å². The van der Waals surface area contributed by atoms with Crippen molar-refractivity contribution in [1.82, 2.24) is 0 Å². The van der Waals surface area contributed by atoms with E-state index in [1.807, 2.05) is 0 Å². The fraction of sp³-hybridized carbons (Fsp3) is 0.846. The normalized spacial score (nSPS) is 51.4. The van der Waals surface area contributed by atoms with Crippen LogP contribution in [0.25, 0.3) is 0 Å². The van der Waals surface area contributed by atoms with Gasteiger partial charge in [-0.25, -0.2) is 0 Å². The number of hydrogen-bond donors (Lipinski definition) is 0. The van der Waals surface area contributed by atoms with E-state index >= 15 is 0 Å². The molecule has 3 aliphatic rings. The Bertz CT molecular complexity index is 266. The molecule has 1 saturated heterocycles. The van der Waals surface area contributed by atoms with Crippen LogP contribution in [0.3, 0.4) is 0 Å². The first-order valence-electron chi connectivity index (χ1n) is 6.06. The van der Waals surface area contributed by atoms with Crippen LogP contribution in [0.1, 0.15) is 45.4 Å². The molecule has 1 aliphatic heterocycles. The third-order valence-corrected chi connectivity index (χ3v) is 6.80. The largest absolute Gasteiger partial charge is 0.158 e. The van der Waals surface area contributed by atoms with Gasteiger partial charge in [0.15, 0.2) is 0 Å². The molecule has 0 spiro atoms. The van der Waals surface area contributed by atoms with E-state index in [0.29, 0.717) is 10.8 Å². The van der Waals surface area contributed by atoms with Gasteiger partial charge in [-0.3, -0.25) is 0 Å². The molecular formula is C13H20S. The van der Waals surface area contributed by atoms with Crippen molar-refractivity contribution in [2.24, 2.45) is 10.8 Å². The van der Waals surface area contributed by atoms with Crippen LogP contribution in [-0.4, -0.2) is 11.0 Å². The lowest BCUT2D eigenvalue weighted by Gasteiger charge is -2.52. The SMILES string of the molecule is C[C@@H]1SC[C@@]23CC=CC[C@@]12CCCC3. The Hall–Kier alpha value is 0.0900. The van der Waals surface area contributed by atoms with Gasteiger partial charge in [0.05, 0.1) is 0 Å². The highest BCUT2D eigenvalue weighted by atomic mass is 32.2. The van der Waals surface area contributed by atoms with Crippen molar-refractivity contribution in [2.75, 3.05) is 5.75 Å². The Balaban J connectivity index is 2.05. The number of hydrogen-bond acceptors (Lipinski definition) is 1. The standard InChI is InChI=1S/C13H20S/c1-11-13-8-4-2-6-12(13,10-14-11)7-3-5-9-13/h2,4,11H,3,5-10H2,1H3/t11-,12-,13+/m0/s1. The van der Waals surface area contributed by atoms with Crippen LogP contribution in [0, 0.1) is 10.8 Å². The molecule has 0 amide bonds. The summed E-state index contributed by atoms with van der Waals surface area (Å²) in [5.74, 6) is 1.44. The van der Waals surface area contributed by atoms with Crippen LogP contribution in [0.4, 0.5) is 0 Å². The lowest BCUT2D eigenvalue weighted by atomic mass is 9.51. The lowest BCUT2D eigenvalue weighted by Crippen LogP contribution is -2.47. The van der Waals surface area contributed by atoms with E-state index in [9.17, 15) is 0 Å². The molecule has 2 fully saturated rings. The van der Waals surface area contributed by atoms with Gasteiger partial charge in [0.2, 0.25) is 0 Å². The average Bonchev–Trinajstić information content (AvgIpc) is 2.54. The summed E-state index contributed by atoms with van der Waals surface area (Å²) in [7, 11) is 0. The second-order valence-corrected chi connectivity index (χ2v) is 6.81. The third kappa shape index (κ3) is 0.973. The zero-order valence-corrected chi connectivity index (χ0v) is 9.91. The Kier molecular flexibility index (Phi) is 2.02. The van der Waals surface area contributed by atoms with E-state index in [2.05, 4.69) is 30.8 Å². The van der Waals surface area contributed by atoms with Gasteiger partial charge in [0.1, 0.15) is 0 Å². The van der Waals surface area contributed by atoms with E-state index < -0.39 is 0 Å². The highest BCUT2D eigenvalue weighted by Gasteiger charge is 2.59.